The number of aromatic nitrogens is 2. The first-order valence-corrected chi connectivity index (χ1v) is 7.09. The van der Waals surface area contributed by atoms with Crippen LogP contribution in [-0.4, -0.2) is 9.97 Å². The monoisotopic (exact) mass is 298 g/mol. The van der Waals surface area contributed by atoms with E-state index >= 15 is 0 Å². The predicted octanol–water partition coefficient (Wildman–Crippen LogP) is 5.06. The van der Waals surface area contributed by atoms with Crippen LogP contribution >= 0.6 is 35.0 Å². The maximum atomic E-state index is 6.15. The van der Waals surface area contributed by atoms with Gasteiger partial charge in [-0.05, 0) is 18.1 Å². The van der Waals surface area contributed by atoms with Gasteiger partial charge in [-0.2, -0.15) is 0 Å². The van der Waals surface area contributed by atoms with Crippen molar-refractivity contribution in [3.8, 4) is 0 Å². The molecule has 0 spiro atoms. The van der Waals surface area contributed by atoms with E-state index in [0.29, 0.717) is 10.2 Å². The average Bonchev–Trinajstić information content (AvgIpc) is 2.31. The van der Waals surface area contributed by atoms with Crippen LogP contribution in [0.5, 0.6) is 0 Å². The Balaban J connectivity index is 2.41. The zero-order valence-electron chi connectivity index (χ0n) is 10.0. The molecular weight excluding hydrogens is 287 g/mol. The van der Waals surface area contributed by atoms with Crippen LogP contribution in [0.1, 0.15) is 25.3 Å². The van der Waals surface area contributed by atoms with Gasteiger partial charge in [0, 0.05) is 10.5 Å². The standard InChI is InChI=1S/C13H12Cl2N2S/c1-8(2)11-12(15)16-7-17-13(11)18-10-6-4-3-5-9(10)14/h3-8H,1-2H3. The molecule has 1 heterocycles. The Labute approximate surface area is 121 Å². The summed E-state index contributed by atoms with van der Waals surface area (Å²) in [5.74, 6) is 0.267. The second-order valence-electron chi connectivity index (χ2n) is 4.07. The van der Waals surface area contributed by atoms with Crippen LogP contribution in [0.4, 0.5) is 0 Å². The van der Waals surface area contributed by atoms with Crippen molar-refractivity contribution in [1.82, 2.24) is 9.97 Å². The first-order chi connectivity index (χ1) is 8.59. The molecule has 0 radical (unpaired) electrons. The van der Waals surface area contributed by atoms with Gasteiger partial charge in [-0.25, -0.2) is 9.97 Å². The highest BCUT2D eigenvalue weighted by atomic mass is 35.5. The molecule has 18 heavy (non-hydrogen) atoms. The third-order valence-electron chi connectivity index (χ3n) is 2.42. The second kappa shape index (κ2) is 5.91. The minimum atomic E-state index is 0.267. The number of hydrogen-bond acceptors (Lipinski definition) is 3. The van der Waals surface area contributed by atoms with E-state index in [4.69, 9.17) is 23.2 Å². The molecular formula is C13H12Cl2N2S. The third-order valence-corrected chi connectivity index (χ3v) is 4.26. The molecule has 0 aliphatic carbocycles. The van der Waals surface area contributed by atoms with Crippen molar-refractivity contribution in [1.29, 1.82) is 0 Å². The number of rotatable bonds is 3. The van der Waals surface area contributed by atoms with Gasteiger partial charge in [-0.15, -0.1) is 0 Å². The molecule has 1 aromatic carbocycles. The Bertz CT molecular complexity index is 558. The van der Waals surface area contributed by atoms with E-state index in [1.54, 1.807) is 0 Å². The molecule has 0 N–H and O–H groups in total. The molecule has 0 saturated heterocycles. The van der Waals surface area contributed by atoms with Crippen LogP contribution in [-0.2, 0) is 0 Å². The van der Waals surface area contributed by atoms with Gasteiger partial charge in [0.15, 0.2) is 0 Å². The zero-order chi connectivity index (χ0) is 13.1. The molecule has 2 aromatic rings. The maximum Gasteiger partial charge on any atom is 0.137 e. The molecule has 5 heteroatoms. The maximum absolute atomic E-state index is 6.15. The summed E-state index contributed by atoms with van der Waals surface area (Å²) in [5, 5.41) is 2.08. The van der Waals surface area contributed by atoms with Crippen molar-refractivity contribution in [2.75, 3.05) is 0 Å². The fraction of sp³-hybridized carbons (Fsp3) is 0.231. The summed E-state index contributed by atoms with van der Waals surface area (Å²) < 4.78 is 0. The van der Waals surface area contributed by atoms with Crippen LogP contribution in [0.25, 0.3) is 0 Å². The fourth-order valence-electron chi connectivity index (χ4n) is 1.56. The lowest BCUT2D eigenvalue weighted by Gasteiger charge is -2.12. The van der Waals surface area contributed by atoms with Crippen LogP contribution in [0.2, 0.25) is 10.2 Å². The van der Waals surface area contributed by atoms with Gasteiger partial charge in [-0.1, -0.05) is 60.9 Å². The summed E-state index contributed by atoms with van der Waals surface area (Å²) in [6.07, 6.45) is 1.48. The minimum Gasteiger partial charge on any atom is -0.229 e. The Morgan fingerprint density at radius 1 is 1.11 bits per heavy atom. The van der Waals surface area contributed by atoms with Crippen molar-refractivity contribution in [3.05, 3.63) is 46.3 Å². The summed E-state index contributed by atoms with van der Waals surface area (Å²) in [6, 6.07) is 7.68. The summed E-state index contributed by atoms with van der Waals surface area (Å²) in [4.78, 5) is 9.31. The summed E-state index contributed by atoms with van der Waals surface area (Å²) in [5.41, 5.74) is 0.962. The smallest absolute Gasteiger partial charge is 0.137 e. The molecule has 0 fully saturated rings. The van der Waals surface area contributed by atoms with Crippen molar-refractivity contribution < 1.29 is 0 Å². The zero-order valence-corrected chi connectivity index (χ0v) is 12.4. The van der Waals surface area contributed by atoms with Gasteiger partial charge in [0.25, 0.3) is 0 Å². The number of halogens is 2. The van der Waals surface area contributed by atoms with Crippen molar-refractivity contribution in [2.24, 2.45) is 0 Å². The normalized spacial score (nSPS) is 10.9. The lowest BCUT2D eigenvalue weighted by Crippen LogP contribution is -1.97. The average molecular weight is 299 g/mol. The highest BCUT2D eigenvalue weighted by Crippen LogP contribution is 2.37. The van der Waals surface area contributed by atoms with E-state index in [1.807, 2.05) is 24.3 Å². The van der Waals surface area contributed by atoms with E-state index in [2.05, 4.69) is 23.8 Å². The highest BCUT2D eigenvalue weighted by Gasteiger charge is 2.15. The minimum absolute atomic E-state index is 0.267. The van der Waals surface area contributed by atoms with Gasteiger partial charge < -0.3 is 0 Å². The molecule has 0 atom stereocenters. The molecule has 0 saturated carbocycles. The van der Waals surface area contributed by atoms with E-state index < -0.39 is 0 Å². The van der Waals surface area contributed by atoms with Crippen molar-refractivity contribution >= 4 is 35.0 Å². The molecule has 0 unspecified atom stereocenters. The number of nitrogens with zero attached hydrogens (tertiary/aromatic N) is 2. The second-order valence-corrected chi connectivity index (χ2v) is 5.87. The lowest BCUT2D eigenvalue weighted by atomic mass is 10.1. The van der Waals surface area contributed by atoms with E-state index in [-0.39, 0.29) is 5.92 Å². The van der Waals surface area contributed by atoms with Gasteiger partial charge in [0.2, 0.25) is 0 Å². The third kappa shape index (κ3) is 2.97. The first-order valence-electron chi connectivity index (χ1n) is 5.52. The molecule has 1 aromatic heterocycles. The molecule has 0 aliphatic rings. The van der Waals surface area contributed by atoms with Gasteiger partial charge in [0.05, 0.1) is 5.02 Å². The van der Waals surface area contributed by atoms with Crippen LogP contribution < -0.4 is 0 Å². The Morgan fingerprint density at radius 2 is 1.83 bits per heavy atom. The Morgan fingerprint density at radius 3 is 2.50 bits per heavy atom. The lowest BCUT2D eigenvalue weighted by molar-refractivity contribution is 0.803. The quantitative estimate of drug-likeness (QED) is 0.741. The van der Waals surface area contributed by atoms with E-state index in [0.717, 1.165) is 15.5 Å². The summed E-state index contributed by atoms with van der Waals surface area (Å²) in [7, 11) is 0. The molecule has 2 rings (SSSR count). The molecule has 94 valence electrons. The molecule has 2 nitrogen and oxygen atoms in total. The van der Waals surface area contributed by atoms with E-state index in [1.165, 1.54) is 18.1 Å². The van der Waals surface area contributed by atoms with Crippen molar-refractivity contribution in [3.63, 3.8) is 0 Å². The van der Waals surface area contributed by atoms with Gasteiger partial charge in [0.1, 0.15) is 16.5 Å². The molecule has 0 bridgehead atoms. The van der Waals surface area contributed by atoms with Gasteiger partial charge in [-0.3, -0.25) is 0 Å². The largest absolute Gasteiger partial charge is 0.229 e. The predicted molar refractivity (Wildman–Crippen MR) is 76.7 cm³/mol. The fourth-order valence-corrected chi connectivity index (χ4v) is 3.28. The SMILES string of the molecule is CC(C)c1c(Cl)ncnc1Sc1ccccc1Cl. The molecule has 0 aliphatic heterocycles. The summed E-state index contributed by atoms with van der Waals surface area (Å²) >= 11 is 13.8. The van der Waals surface area contributed by atoms with Crippen molar-refractivity contribution in [2.45, 2.75) is 29.7 Å². The Hall–Kier alpha value is -0.770. The van der Waals surface area contributed by atoms with Crippen LogP contribution in [0.15, 0.2) is 40.5 Å². The topological polar surface area (TPSA) is 25.8 Å². The van der Waals surface area contributed by atoms with Crippen LogP contribution in [0, 0.1) is 0 Å². The van der Waals surface area contributed by atoms with Crippen LogP contribution in [0.3, 0.4) is 0 Å². The number of hydrogen-bond donors (Lipinski definition) is 0. The summed E-state index contributed by atoms with van der Waals surface area (Å²) in [6.45, 7) is 4.14. The Kier molecular flexibility index (Phi) is 4.49. The first kappa shape index (κ1) is 13.7. The van der Waals surface area contributed by atoms with Gasteiger partial charge >= 0.3 is 0 Å². The van der Waals surface area contributed by atoms with E-state index in [9.17, 15) is 0 Å². The highest BCUT2D eigenvalue weighted by molar-refractivity contribution is 7.99. The number of benzene rings is 1. The molecule has 0 amide bonds.